The van der Waals surface area contributed by atoms with Crippen LogP contribution in [-0.4, -0.2) is 0 Å². The minimum Gasteiger partial charge on any atom is -0.380 e. The van der Waals surface area contributed by atoms with E-state index in [-0.39, 0.29) is 0 Å². The topological polar surface area (TPSA) is 12.0 Å². The molecule has 106 valence electrons. The van der Waals surface area contributed by atoms with Crippen molar-refractivity contribution in [3.05, 3.63) is 75.6 Å². The first-order valence-electron chi connectivity index (χ1n) is 6.86. The number of nitrogens with one attached hydrogen (secondary N) is 1. The number of rotatable bonds is 4. The molecule has 0 saturated heterocycles. The molecule has 1 N–H and O–H groups in total. The zero-order chi connectivity index (χ0) is 14.7. The average molecular weight is 358 g/mol. The molecule has 0 saturated carbocycles. The van der Waals surface area contributed by atoms with Crippen LogP contribution in [0, 0.1) is 6.92 Å². The van der Waals surface area contributed by atoms with Crippen LogP contribution in [0.1, 0.15) is 10.4 Å². The third-order valence-electron chi connectivity index (χ3n) is 3.23. The highest BCUT2D eigenvalue weighted by Crippen LogP contribution is 2.28. The zero-order valence-corrected chi connectivity index (χ0v) is 14.2. The first-order chi connectivity index (χ1) is 10.2. The van der Waals surface area contributed by atoms with Gasteiger partial charge in [0.05, 0.1) is 0 Å². The highest BCUT2D eigenvalue weighted by molar-refractivity contribution is 9.10. The van der Waals surface area contributed by atoms with Gasteiger partial charge >= 0.3 is 0 Å². The van der Waals surface area contributed by atoms with Crippen LogP contribution >= 0.6 is 27.3 Å². The van der Waals surface area contributed by atoms with Gasteiger partial charge in [-0.2, -0.15) is 0 Å². The predicted octanol–water partition coefficient (Wildman–Crippen LogP) is 6.10. The largest absolute Gasteiger partial charge is 0.380 e. The zero-order valence-electron chi connectivity index (χ0n) is 11.8. The maximum Gasteiger partial charge on any atom is 0.0494 e. The summed E-state index contributed by atoms with van der Waals surface area (Å²) in [4.78, 5) is 2.66. The first-order valence-corrected chi connectivity index (χ1v) is 8.47. The molecule has 3 heteroatoms. The molecular weight excluding hydrogens is 342 g/mol. The van der Waals surface area contributed by atoms with Crippen LogP contribution in [0.3, 0.4) is 0 Å². The van der Waals surface area contributed by atoms with E-state index in [0.29, 0.717) is 0 Å². The van der Waals surface area contributed by atoms with Gasteiger partial charge < -0.3 is 5.32 Å². The molecule has 1 nitrogen and oxygen atoms in total. The van der Waals surface area contributed by atoms with Crippen LogP contribution in [0.15, 0.2) is 65.1 Å². The maximum absolute atomic E-state index is 3.54. The van der Waals surface area contributed by atoms with E-state index in [2.05, 4.69) is 88.8 Å². The molecule has 0 amide bonds. The lowest BCUT2D eigenvalue weighted by Gasteiger charge is -2.06. The van der Waals surface area contributed by atoms with Gasteiger partial charge in [-0.05, 0) is 48.4 Å². The Bertz CT molecular complexity index is 714. The lowest BCUT2D eigenvalue weighted by molar-refractivity contribution is 1.19. The first kappa shape index (κ1) is 14.4. The molecule has 1 aromatic heterocycles. The monoisotopic (exact) mass is 357 g/mol. The highest BCUT2D eigenvalue weighted by Gasteiger charge is 2.03. The van der Waals surface area contributed by atoms with Gasteiger partial charge in [-0.1, -0.05) is 46.3 Å². The Labute approximate surface area is 137 Å². The van der Waals surface area contributed by atoms with Crippen LogP contribution in [0.25, 0.3) is 10.4 Å². The fourth-order valence-corrected chi connectivity index (χ4v) is 3.82. The molecular formula is C18H16BrNS. The van der Waals surface area contributed by atoms with Gasteiger partial charge in [0.15, 0.2) is 0 Å². The van der Waals surface area contributed by atoms with Crippen LogP contribution in [0.5, 0.6) is 0 Å². The lowest BCUT2D eigenvalue weighted by Crippen LogP contribution is -1.97. The minimum atomic E-state index is 0.855. The quantitative estimate of drug-likeness (QED) is 0.594. The van der Waals surface area contributed by atoms with Crippen LogP contribution in [-0.2, 0) is 6.54 Å². The number of anilines is 1. The molecule has 2 aromatic carbocycles. The van der Waals surface area contributed by atoms with Crippen molar-refractivity contribution in [2.75, 3.05) is 5.32 Å². The Balaban J connectivity index is 1.70. The molecule has 0 radical (unpaired) electrons. The molecule has 0 atom stereocenters. The number of aryl methyl sites for hydroxylation is 1. The van der Waals surface area contributed by atoms with E-state index < -0.39 is 0 Å². The van der Waals surface area contributed by atoms with E-state index in [1.54, 1.807) is 0 Å². The highest BCUT2D eigenvalue weighted by atomic mass is 79.9. The van der Waals surface area contributed by atoms with Crippen LogP contribution < -0.4 is 5.32 Å². The van der Waals surface area contributed by atoms with E-state index in [1.807, 2.05) is 11.3 Å². The Kier molecular flexibility index (Phi) is 4.42. The average Bonchev–Trinajstić information content (AvgIpc) is 2.94. The summed E-state index contributed by atoms with van der Waals surface area (Å²) in [5.74, 6) is 0. The normalized spacial score (nSPS) is 10.6. The van der Waals surface area contributed by atoms with Gasteiger partial charge in [-0.25, -0.2) is 0 Å². The number of hydrogen-bond donors (Lipinski definition) is 1. The molecule has 0 aliphatic carbocycles. The Morgan fingerprint density at radius 2 is 1.81 bits per heavy atom. The van der Waals surface area contributed by atoms with Gasteiger partial charge in [0.25, 0.3) is 0 Å². The third-order valence-corrected chi connectivity index (χ3v) is 4.82. The summed E-state index contributed by atoms with van der Waals surface area (Å²) in [7, 11) is 0. The summed E-state index contributed by atoms with van der Waals surface area (Å²) >= 11 is 5.38. The van der Waals surface area contributed by atoms with Gasteiger partial charge in [0.1, 0.15) is 0 Å². The van der Waals surface area contributed by atoms with Crippen molar-refractivity contribution < 1.29 is 0 Å². The van der Waals surface area contributed by atoms with Crippen molar-refractivity contribution in [2.45, 2.75) is 13.5 Å². The summed E-state index contributed by atoms with van der Waals surface area (Å²) in [6, 6.07) is 21.3. The van der Waals surface area contributed by atoms with Crippen LogP contribution in [0.2, 0.25) is 0 Å². The number of benzene rings is 2. The summed E-state index contributed by atoms with van der Waals surface area (Å²) in [5.41, 5.74) is 3.69. The second-order valence-electron chi connectivity index (χ2n) is 5.00. The predicted molar refractivity (Wildman–Crippen MR) is 96.0 cm³/mol. The summed E-state index contributed by atoms with van der Waals surface area (Å²) < 4.78 is 1.11. The molecule has 3 rings (SSSR count). The Morgan fingerprint density at radius 1 is 1.00 bits per heavy atom. The molecule has 0 unspecified atom stereocenters. The summed E-state index contributed by atoms with van der Waals surface area (Å²) in [6.45, 7) is 2.96. The molecule has 0 aliphatic heterocycles. The van der Waals surface area contributed by atoms with Crippen molar-refractivity contribution in [1.82, 2.24) is 0 Å². The summed E-state index contributed by atoms with van der Waals surface area (Å²) in [5, 5.41) is 3.49. The van der Waals surface area contributed by atoms with Crippen molar-refractivity contribution >= 4 is 33.0 Å². The standard InChI is InChI=1S/C18H16BrNS/c1-13-9-15(19)11-16(10-13)20-12-17-7-8-18(21-17)14-5-3-2-4-6-14/h2-11,20H,12H2,1H3. The van der Waals surface area contributed by atoms with Crippen molar-refractivity contribution in [1.29, 1.82) is 0 Å². The van der Waals surface area contributed by atoms with Gasteiger partial charge in [0.2, 0.25) is 0 Å². The van der Waals surface area contributed by atoms with Crippen molar-refractivity contribution in [3.63, 3.8) is 0 Å². The van der Waals surface area contributed by atoms with Crippen molar-refractivity contribution in [2.24, 2.45) is 0 Å². The molecule has 1 heterocycles. The SMILES string of the molecule is Cc1cc(Br)cc(NCc2ccc(-c3ccccc3)s2)c1. The summed E-state index contributed by atoms with van der Waals surface area (Å²) in [6.07, 6.45) is 0. The number of hydrogen-bond acceptors (Lipinski definition) is 2. The lowest BCUT2D eigenvalue weighted by atomic mass is 10.2. The van der Waals surface area contributed by atoms with E-state index in [0.717, 1.165) is 16.7 Å². The second kappa shape index (κ2) is 6.46. The molecule has 0 bridgehead atoms. The minimum absolute atomic E-state index is 0.855. The molecule has 21 heavy (non-hydrogen) atoms. The van der Waals surface area contributed by atoms with E-state index in [9.17, 15) is 0 Å². The Morgan fingerprint density at radius 3 is 2.57 bits per heavy atom. The fourth-order valence-electron chi connectivity index (χ4n) is 2.26. The van der Waals surface area contributed by atoms with Gasteiger partial charge in [-0.3, -0.25) is 0 Å². The molecule has 0 fully saturated rings. The van der Waals surface area contributed by atoms with Gasteiger partial charge in [-0.15, -0.1) is 11.3 Å². The fraction of sp³-hybridized carbons (Fsp3) is 0.111. The number of thiophene rings is 1. The number of halogens is 1. The van der Waals surface area contributed by atoms with E-state index in [1.165, 1.54) is 20.9 Å². The van der Waals surface area contributed by atoms with E-state index in [4.69, 9.17) is 0 Å². The molecule has 0 spiro atoms. The smallest absolute Gasteiger partial charge is 0.0494 e. The van der Waals surface area contributed by atoms with Crippen LogP contribution in [0.4, 0.5) is 5.69 Å². The molecule has 0 aliphatic rings. The van der Waals surface area contributed by atoms with Crippen molar-refractivity contribution in [3.8, 4) is 10.4 Å². The Hall–Kier alpha value is -1.58. The molecule has 3 aromatic rings. The second-order valence-corrected chi connectivity index (χ2v) is 7.09. The third kappa shape index (κ3) is 3.74. The van der Waals surface area contributed by atoms with E-state index >= 15 is 0 Å². The maximum atomic E-state index is 3.54. The van der Waals surface area contributed by atoms with Gasteiger partial charge in [0, 0.05) is 26.5 Å².